The number of hydrogen-bond acceptors (Lipinski definition) is 11. The molecule has 1 aliphatic rings. The summed E-state index contributed by atoms with van der Waals surface area (Å²) in [5.74, 6) is 0.206. The third-order valence-corrected chi connectivity index (χ3v) is 7.81. The molecule has 3 N–H and O–H groups in total. The van der Waals surface area contributed by atoms with E-state index in [1.807, 2.05) is 20.8 Å². The molecule has 0 spiro atoms. The van der Waals surface area contributed by atoms with Gasteiger partial charge in [0.25, 0.3) is 5.69 Å². The van der Waals surface area contributed by atoms with E-state index in [9.17, 15) is 24.4 Å². The number of nitrogens with zero attached hydrogens (tertiary/aromatic N) is 5. The van der Waals surface area contributed by atoms with Crippen molar-refractivity contribution in [3.63, 3.8) is 0 Å². The minimum Gasteiger partial charge on any atom is -0.494 e. The van der Waals surface area contributed by atoms with Gasteiger partial charge in [-0.15, -0.1) is 0 Å². The zero-order valence-electron chi connectivity index (χ0n) is 27.7. The Morgan fingerprint density at radius 3 is 2.53 bits per heavy atom. The van der Waals surface area contributed by atoms with Gasteiger partial charge >= 0.3 is 6.09 Å². The fourth-order valence-corrected chi connectivity index (χ4v) is 5.63. The van der Waals surface area contributed by atoms with Gasteiger partial charge in [-0.3, -0.25) is 10.1 Å². The Morgan fingerprint density at radius 2 is 1.91 bits per heavy atom. The van der Waals surface area contributed by atoms with E-state index in [2.05, 4.69) is 27.5 Å². The quantitative estimate of drug-likeness (QED) is 0.151. The molecule has 0 saturated carbocycles. The second-order valence-electron chi connectivity index (χ2n) is 13.2. The highest BCUT2D eigenvalue weighted by atomic mass is 35.5. The van der Waals surface area contributed by atoms with Crippen LogP contribution in [0.15, 0.2) is 36.5 Å². The first-order valence-electron chi connectivity index (χ1n) is 15.0. The zero-order valence-corrected chi connectivity index (χ0v) is 28.5. The Labute approximate surface area is 278 Å². The van der Waals surface area contributed by atoms with Gasteiger partial charge < -0.3 is 35.0 Å². The number of benzene rings is 2. The molecule has 1 saturated heterocycles. The molecule has 2 atom stereocenters. The van der Waals surface area contributed by atoms with Crippen LogP contribution in [0.2, 0.25) is 5.02 Å². The Bertz CT molecular complexity index is 1650. The van der Waals surface area contributed by atoms with Gasteiger partial charge in [0, 0.05) is 49.7 Å². The molecule has 0 radical (unpaired) electrons. The van der Waals surface area contributed by atoms with Crippen LogP contribution in [-0.2, 0) is 10.3 Å². The molecule has 2 heterocycles. The van der Waals surface area contributed by atoms with Crippen LogP contribution in [0.1, 0.15) is 53.5 Å². The molecule has 1 aromatic heterocycles. The van der Waals surface area contributed by atoms with Crippen molar-refractivity contribution in [1.29, 1.82) is 0 Å². The van der Waals surface area contributed by atoms with Crippen LogP contribution in [0, 0.1) is 21.8 Å². The number of ether oxygens (including phenoxy) is 2. The SMILES string of the molecule is COc1cc(N(C)C[C@H]2C[C@H](C)CN2C(=O)OC(C)(C)C)c([N+](=O)[O-])cc1Nc1nccc(Nc2cc(Cl)c(F)cc2C(C)(C)O)n1. The van der Waals surface area contributed by atoms with Crippen LogP contribution in [0.5, 0.6) is 5.75 Å². The average molecular weight is 674 g/mol. The summed E-state index contributed by atoms with van der Waals surface area (Å²) in [6, 6.07) is 6.72. The van der Waals surface area contributed by atoms with Crippen molar-refractivity contribution in [3.8, 4) is 5.75 Å². The summed E-state index contributed by atoms with van der Waals surface area (Å²) in [6.07, 6.45) is 1.76. The average Bonchev–Trinajstić information content (AvgIpc) is 3.33. The number of likely N-dealkylation sites (N-methyl/N-ethyl adjacent to an activating group) is 1. The van der Waals surface area contributed by atoms with Gasteiger partial charge in [0.05, 0.1) is 34.4 Å². The van der Waals surface area contributed by atoms with Crippen molar-refractivity contribution in [2.24, 2.45) is 5.92 Å². The number of anilines is 5. The molecule has 1 amide bonds. The number of nitrogens with one attached hydrogen (secondary N) is 2. The summed E-state index contributed by atoms with van der Waals surface area (Å²) in [4.78, 5) is 36.8. The Balaban J connectivity index is 1.60. The van der Waals surface area contributed by atoms with Crippen LogP contribution in [0.25, 0.3) is 0 Å². The highest BCUT2D eigenvalue weighted by Crippen LogP contribution is 2.40. The molecule has 1 fully saturated rings. The predicted molar refractivity (Wildman–Crippen MR) is 179 cm³/mol. The number of aliphatic hydroxyl groups is 1. The summed E-state index contributed by atoms with van der Waals surface area (Å²) < 4.78 is 25.4. The van der Waals surface area contributed by atoms with Crippen molar-refractivity contribution >= 4 is 52.2 Å². The van der Waals surface area contributed by atoms with Gasteiger partial charge in [-0.2, -0.15) is 4.98 Å². The summed E-state index contributed by atoms with van der Waals surface area (Å²) in [5, 5.41) is 28.8. The molecule has 2 aromatic carbocycles. The number of nitro groups is 1. The van der Waals surface area contributed by atoms with Crippen LogP contribution in [-0.4, -0.2) is 69.9 Å². The maximum Gasteiger partial charge on any atom is 0.410 e. The van der Waals surface area contributed by atoms with Gasteiger partial charge in [0.2, 0.25) is 5.95 Å². The van der Waals surface area contributed by atoms with E-state index in [4.69, 9.17) is 21.1 Å². The number of rotatable bonds is 10. The van der Waals surface area contributed by atoms with E-state index in [-0.39, 0.29) is 51.4 Å². The first-order valence-corrected chi connectivity index (χ1v) is 15.4. The van der Waals surface area contributed by atoms with E-state index in [1.165, 1.54) is 39.3 Å². The Kier molecular flexibility index (Phi) is 10.4. The maximum atomic E-state index is 14.2. The van der Waals surface area contributed by atoms with Gasteiger partial charge in [-0.25, -0.2) is 14.2 Å². The Morgan fingerprint density at radius 1 is 1.21 bits per heavy atom. The van der Waals surface area contributed by atoms with E-state index < -0.39 is 28.0 Å². The Hall–Kier alpha value is -4.43. The standard InChI is InChI=1S/C32H41ClFN7O6/c1-18-11-19(40(16-18)30(42)47-31(2,3)4)17-39(7)25-15-27(46-8)24(14-26(25)41(44)45)37-29-35-10-9-28(38-29)36-23-13-21(33)22(34)12-20(23)32(5,6)43/h9-10,12-15,18-19,43H,11,16-17H2,1-8H3,(H2,35,36,37,38)/t18-,19+/m0/s1. The molecule has 3 aromatic rings. The fourth-order valence-electron chi connectivity index (χ4n) is 5.46. The second-order valence-corrected chi connectivity index (χ2v) is 13.6. The molecule has 254 valence electrons. The van der Waals surface area contributed by atoms with E-state index in [0.717, 1.165) is 12.5 Å². The number of hydrogen-bond donors (Lipinski definition) is 3. The number of halogens is 2. The number of carbonyl (C=O) groups is 1. The van der Waals surface area contributed by atoms with Crippen molar-refractivity contribution in [2.45, 2.75) is 65.2 Å². The number of likely N-dealkylation sites (tertiary alicyclic amines) is 1. The topological polar surface area (TPSA) is 155 Å². The van der Waals surface area contributed by atoms with Crippen molar-refractivity contribution in [1.82, 2.24) is 14.9 Å². The molecule has 0 unspecified atom stereocenters. The lowest BCUT2D eigenvalue weighted by Gasteiger charge is -2.31. The smallest absolute Gasteiger partial charge is 0.410 e. The molecular weight excluding hydrogens is 633 g/mol. The van der Waals surface area contributed by atoms with Crippen LogP contribution < -0.4 is 20.3 Å². The molecule has 0 bridgehead atoms. The van der Waals surface area contributed by atoms with Crippen LogP contribution in [0.4, 0.5) is 43.7 Å². The van der Waals surface area contributed by atoms with E-state index in [0.29, 0.717) is 24.5 Å². The molecule has 0 aliphatic carbocycles. The summed E-state index contributed by atoms with van der Waals surface area (Å²) in [7, 11) is 3.17. The maximum absolute atomic E-state index is 14.2. The molecular formula is C32H41ClFN7O6. The minimum absolute atomic E-state index is 0.0784. The third-order valence-electron chi connectivity index (χ3n) is 7.53. The molecule has 15 heteroatoms. The molecule has 4 rings (SSSR count). The zero-order chi connectivity index (χ0) is 34.8. The summed E-state index contributed by atoms with van der Waals surface area (Å²) in [6.45, 7) is 11.4. The normalized spacial score (nSPS) is 16.5. The number of methoxy groups -OCH3 is 1. The number of amides is 1. The molecule has 13 nitrogen and oxygen atoms in total. The minimum atomic E-state index is -1.40. The lowest BCUT2D eigenvalue weighted by atomic mass is 9.96. The number of nitro benzene ring substituents is 1. The highest BCUT2D eigenvalue weighted by Gasteiger charge is 2.37. The first kappa shape index (κ1) is 35.4. The van der Waals surface area contributed by atoms with Gasteiger partial charge in [-0.05, 0) is 65.2 Å². The molecule has 47 heavy (non-hydrogen) atoms. The largest absolute Gasteiger partial charge is 0.494 e. The van der Waals surface area contributed by atoms with Gasteiger partial charge in [-0.1, -0.05) is 18.5 Å². The monoisotopic (exact) mass is 673 g/mol. The predicted octanol–water partition coefficient (Wildman–Crippen LogP) is 6.98. The number of carbonyl (C=O) groups excluding carboxylic acids is 1. The fraction of sp³-hybridized carbons (Fsp3) is 0.469. The van der Waals surface area contributed by atoms with Crippen molar-refractivity contribution < 1.29 is 28.7 Å². The van der Waals surface area contributed by atoms with Crippen molar-refractivity contribution in [2.75, 3.05) is 42.8 Å². The van der Waals surface area contributed by atoms with E-state index in [1.54, 1.807) is 29.0 Å². The summed E-state index contributed by atoms with van der Waals surface area (Å²) >= 11 is 6.01. The van der Waals surface area contributed by atoms with E-state index >= 15 is 0 Å². The third kappa shape index (κ3) is 8.69. The van der Waals surface area contributed by atoms with Gasteiger partial charge in [0.1, 0.15) is 28.7 Å². The second kappa shape index (κ2) is 13.7. The van der Waals surface area contributed by atoms with Crippen molar-refractivity contribution in [3.05, 3.63) is 63.0 Å². The lowest BCUT2D eigenvalue weighted by molar-refractivity contribution is -0.384. The van der Waals surface area contributed by atoms with Crippen LogP contribution >= 0.6 is 11.6 Å². The van der Waals surface area contributed by atoms with Gasteiger partial charge in [0.15, 0.2) is 0 Å². The van der Waals surface area contributed by atoms with Crippen LogP contribution in [0.3, 0.4) is 0 Å². The highest BCUT2D eigenvalue weighted by molar-refractivity contribution is 6.31. The summed E-state index contributed by atoms with van der Waals surface area (Å²) in [5.41, 5.74) is -1.13. The first-order chi connectivity index (χ1) is 21.9. The molecule has 1 aliphatic heterocycles. The number of aromatic nitrogens is 2. The lowest BCUT2D eigenvalue weighted by Crippen LogP contribution is -2.44.